The van der Waals surface area contributed by atoms with Crippen molar-refractivity contribution >= 4 is 0 Å². The highest BCUT2D eigenvalue weighted by molar-refractivity contribution is 4.88. The van der Waals surface area contributed by atoms with E-state index in [2.05, 4.69) is 15.2 Å². The van der Waals surface area contributed by atoms with E-state index in [9.17, 15) is 0 Å². The van der Waals surface area contributed by atoms with Gasteiger partial charge in [-0.3, -0.25) is 9.36 Å². The fourth-order valence-electron chi connectivity index (χ4n) is 1.44. The highest BCUT2D eigenvalue weighted by atomic mass is 15.2. The van der Waals surface area contributed by atoms with Crippen LogP contribution >= 0.6 is 0 Å². The lowest BCUT2D eigenvalue weighted by atomic mass is 10.7. The zero-order valence-corrected chi connectivity index (χ0v) is 30.6. The maximum absolute atomic E-state index is 3.83. The molecular formula is C33H73N7. The second kappa shape index (κ2) is 70.5. The standard InChI is InChI=1S/C5H7N.3C4H6N2.8C2H6/c1-6-4-2-3-5-6;1-6-3-2-5-4-6;2*1-6-4-2-3-5-6;8*1-2/h2-5H,1H3;3*2-4H,1H3;8*1-2H3. The Morgan fingerprint density at radius 3 is 0.750 bits per heavy atom. The van der Waals surface area contributed by atoms with Gasteiger partial charge >= 0.3 is 0 Å². The second-order valence-corrected chi connectivity index (χ2v) is 4.94. The normalized spacial score (nSPS) is 6.50. The third-order valence-electron chi connectivity index (χ3n) is 2.66. The fourth-order valence-corrected chi connectivity index (χ4v) is 1.44. The Hall–Kier alpha value is -3.09. The molecule has 4 aromatic rings. The van der Waals surface area contributed by atoms with Gasteiger partial charge in [-0.15, -0.1) is 0 Å². The molecule has 0 aromatic carbocycles. The van der Waals surface area contributed by atoms with Gasteiger partial charge in [0.05, 0.1) is 6.33 Å². The average Bonchev–Trinajstić information content (AvgIpc) is 3.91. The minimum absolute atomic E-state index is 1.75. The van der Waals surface area contributed by atoms with Crippen molar-refractivity contribution in [3.8, 4) is 0 Å². The van der Waals surface area contributed by atoms with Crippen molar-refractivity contribution in [3.05, 3.63) is 80.2 Å². The molecule has 4 aromatic heterocycles. The lowest BCUT2D eigenvalue weighted by Gasteiger charge is -1.79. The molecule has 0 aliphatic carbocycles. The van der Waals surface area contributed by atoms with Crippen LogP contribution in [0.2, 0.25) is 0 Å². The van der Waals surface area contributed by atoms with E-state index in [1.54, 1.807) is 34.3 Å². The minimum Gasteiger partial charge on any atom is -0.357 e. The molecule has 0 saturated heterocycles. The molecule has 0 amide bonds. The van der Waals surface area contributed by atoms with Crippen molar-refractivity contribution in [2.75, 3.05) is 0 Å². The van der Waals surface area contributed by atoms with Crippen LogP contribution < -0.4 is 0 Å². The molecule has 40 heavy (non-hydrogen) atoms. The average molecular weight is 568 g/mol. The topological polar surface area (TPSA) is 58.4 Å². The molecule has 0 saturated carbocycles. The Labute approximate surface area is 252 Å². The van der Waals surface area contributed by atoms with E-state index in [0.717, 1.165) is 0 Å². The van der Waals surface area contributed by atoms with Gasteiger partial charge in [-0.05, 0) is 24.3 Å². The van der Waals surface area contributed by atoms with E-state index >= 15 is 0 Å². The van der Waals surface area contributed by atoms with E-state index < -0.39 is 0 Å². The molecule has 0 fully saturated rings. The van der Waals surface area contributed by atoms with Crippen LogP contribution in [0.4, 0.5) is 0 Å². The van der Waals surface area contributed by atoms with Gasteiger partial charge in [0.25, 0.3) is 0 Å². The summed E-state index contributed by atoms with van der Waals surface area (Å²) in [5, 5.41) is 7.67. The molecule has 0 aliphatic rings. The van der Waals surface area contributed by atoms with Crippen molar-refractivity contribution in [2.45, 2.75) is 111 Å². The number of imidazole rings is 1. The Morgan fingerprint density at radius 1 is 0.350 bits per heavy atom. The van der Waals surface area contributed by atoms with Crippen molar-refractivity contribution in [1.82, 2.24) is 33.7 Å². The number of hydrogen-bond acceptors (Lipinski definition) is 3. The van der Waals surface area contributed by atoms with Crippen LogP contribution in [-0.4, -0.2) is 33.7 Å². The number of hydrogen-bond donors (Lipinski definition) is 0. The van der Waals surface area contributed by atoms with Gasteiger partial charge < -0.3 is 9.13 Å². The van der Waals surface area contributed by atoms with Crippen LogP contribution in [0.3, 0.4) is 0 Å². The molecule has 4 heterocycles. The third kappa shape index (κ3) is 64.7. The first-order valence-corrected chi connectivity index (χ1v) is 15.4. The summed E-state index contributed by atoms with van der Waals surface area (Å²) < 4.78 is 7.39. The number of aromatic nitrogens is 7. The van der Waals surface area contributed by atoms with Gasteiger partial charge in [0.15, 0.2) is 0 Å². The van der Waals surface area contributed by atoms with Crippen molar-refractivity contribution < 1.29 is 0 Å². The Balaban J connectivity index is -0.0000000489. The van der Waals surface area contributed by atoms with E-state index in [1.165, 1.54) is 0 Å². The van der Waals surface area contributed by atoms with Crippen molar-refractivity contribution in [2.24, 2.45) is 28.2 Å². The Morgan fingerprint density at radius 2 is 0.675 bits per heavy atom. The first kappa shape index (κ1) is 56.9. The SMILES string of the molecule is CC.CC.CC.CC.CC.CC.CC.CC.Cn1cccc1.Cn1cccn1.Cn1cccn1.Cn1ccnc1. The van der Waals surface area contributed by atoms with E-state index in [-0.39, 0.29) is 0 Å². The van der Waals surface area contributed by atoms with Gasteiger partial charge in [-0.2, -0.15) is 10.2 Å². The maximum atomic E-state index is 3.83. The van der Waals surface area contributed by atoms with E-state index in [0.29, 0.717) is 0 Å². The third-order valence-corrected chi connectivity index (χ3v) is 2.66. The molecule has 4 rings (SSSR count). The number of rotatable bonds is 0. The summed E-state index contributed by atoms with van der Waals surface area (Å²) in [6.07, 6.45) is 16.7. The van der Waals surface area contributed by atoms with E-state index in [4.69, 9.17) is 0 Å². The van der Waals surface area contributed by atoms with Crippen molar-refractivity contribution in [3.63, 3.8) is 0 Å². The summed E-state index contributed by atoms with van der Waals surface area (Å²) >= 11 is 0. The Bertz CT molecular complexity index is 570. The first-order valence-electron chi connectivity index (χ1n) is 15.4. The van der Waals surface area contributed by atoms with Crippen LogP contribution in [0, 0.1) is 0 Å². The summed E-state index contributed by atoms with van der Waals surface area (Å²) in [6, 6.07) is 7.78. The largest absolute Gasteiger partial charge is 0.357 e. The van der Waals surface area contributed by atoms with Crippen molar-refractivity contribution in [1.29, 1.82) is 0 Å². The van der Waals surface area contributed by atoms with Crippen LogP contribution in [0.25, 0.3) is 0 Å². The highest BCUT2D eigenvalue weighted by Gasteiger charge is 1.70. The molecule has 0 radical (unpaired) electrons. The maximum Gasteiger partial charge on any atom is 0.0943 e. The molecule has 7 nitrogen and oxygen atoms in total. The van der Waals surface area contributed by atoms with Crippen LogP contribution in [0.5, 0.6) is 0 Å². The number of aryl methyl sites for hydroxylation is 4. The molecule has 240 valence electrons. The summed E-state index contributed by atoms with van der Waals surface area (Å²) in [7, 11) is 7.72. The molecule has 0 aliphatic heterocycles. The predicted molar refractivity (Wildman–Crippen MR) is 186 cm³/mol. The van der Waals surface area contributed by atoms with Crippen LogP contribution in [0.1, 0.15) is 111 Å². The molecule has 0 bridgehead atoms. The monoisotopic (exact) mass is 568 g/mol. The molecule has 0 spiro atoms. The summed E-state index contributed by atoms with van der Waals surface area (Å²) in [6.45, 7) is 32.0. The summed E-state index contributed by atoms with van der Waals surface area (Å²) in [4.78, 5) is 3.78. The molecule has 0 N–H and O–H groups in total. The zero-order valence-electron chi connectivity index (χ0n) is 30.6. The zero-order chi connectivity index (χ0) is 33.6. The molecule has 7 heteroatoms. The van der Waals surface area contributed by atoms with E-state index in [1.807, 2.05) is 203 Å². The lowest BCUT2D eigenvalue weighted by molar-refractivity contribution is 0.767. The highest BCUT2D eigenvalue weighted by Crippen LogP contribution is 1.80. The molecule has 0 atom stereocenters. The fraction of sp³-hybridized carbons (Fsp3) is 0.606. The smallest absolute Gasteiger partial charge is 0.0943 e. The first-order chi connectivity index (χ1) is 19.6. The Kier molecular flexibility index (Phi) is 100. The summed E-state index contributed by atoms with van der Waals surface area (Å²) in [5.41, 5.74) is 0. The number of nitrogens with zero attached hydrogens (tertiary/aromatic N) is 7. The minimum atomic E-state index is 1.75. The van der Waals surface area contributed by atoms with Gasteiger partial charge in [-0.25, -0.2) is 4.98 Å². The molecular weight excluding hydrogens is 494 g/mol. The second-order valence-electron chi connectivity index (χ2n) is 4.94. The summed E-state index contributed by atoms with van der Waals surface area (Å²) in [5.74, 6) is 0. The van der Waals surface area contributed by atoms with Crippen LogP contribution in [-0.2, 0) is 28.2 Å². The quantitative estimate of drug-likeness (QED) is 0.212. The van der Waals surface area contributed by atoms with Gasteiger partial charge in [0.2, 0.25) is 0 Å². The lowest BCUT2D eigenvalue weighted by Crippen LogP contribution is -1.83. The van der Waals surface area contributed by atoms with Crippen LogP contribution in [0.15, 0.2) is 80.2 Å². The van der Waals surface area contributed by atoms with Gasteiger partial charge in [0, 0.05) is 77.8 Å². The van der Waals surface area contributed by atoms with Gasteiger partial charge in [-0.1, -0.05) is 111 Å². The predicted octanol–water partition coefficient (Wildman–Crippen LogP) is 10.5. The van der Waals surface area contributed by atoms with Gasteiger partial charge in [0.1, 0.15) is 0 Å². The molecule has 0 unspecified atom stereocenters.